The first-order valence-electron chi connectivity index (χ1n) is 6.63. The van der Waals surface area contributed by atoms with Crippen LogP contribution in [0.5, 0.6) is 5.75 Å². The monoisotopic (exact) mass is 342 g/mol. The van der Waals surface area contributed by atoms with Crippen molar-refractivity contribution in [2.24, 2.45) is 0 Å². The minimum absolute atomic E-state index is 0.108. The Hall–Kier alpha value is -2.49. The summed E-state index contributed by atoms with van der Waals surface area (Å²) in [4.78, 5) is 7.93. The van der Waals surface area contributed by atoms with Gasteiger partial charge >= 0.3 is 0 Å². The molecule has 0 atom stereocenters. The van der Waals surface area contributed by atoms with Crippen molar-refractivity contribution in [3.05, 3.63) is 63.5 Å². The van der Waals surface area contributed by atoms with Gasteiger partial charge in [0.2, 0.25) is 5.28 Å². The first-order valence-corrected chi connectivity index (χ1v) is 7.89. The Morgan fingerprint density at radius 2 is 2.17 bits per heavy atom. The quantitative estimate of drug-likeness (QED) is 0.678. The summed E-state index contributed by atoms with van der Waals surface area (Å²) in [7, 11) is 1.63. The van der Waals surface area contributed by atoms with Gasteiger partial charge in [0.05, 0.1) is 23.5 Å². The molecule has 1 N–H and O–H groups in total. The predicted octanol–water partition coefficient (Wildman–Crippen LogP) is 3.67. The Morgan fingerprint density at radius 3 is 2.91 bits per heavy atom. The smallest absolute Gasteiger partial charge is 0.222 e. The largest absolute Gasteiger partial charge is 0.496 e. The van der Waals surface area contributed by atoms with Crippen LogP contribution in [0.1, 0.15) is 11.3 Å². The Bertz CT molecular complexity index is 857. The normalized spacial score (nSPS) is 15.4. The van der Waals surface area contributed by atoms with Gasteiger partial charge in [-0.05, 0) is 29.8 Å². The molecular formula is C16H11ClN4OS. The highest BCUT2D eigenvalue weighted by Gasteiger charge is 2.20. The molecule has 1 aliphatic heterocycles. The van der Waals surface area contributed by atoms with Gasteiger partial charge in [0.15, 0.2) is 0 Å². The Labute approximate surface area is 142 Å². The number of thioether (sulfide) groups is 1. The molecule has 1 aromatic heterocycles. The molecule has 0 fully saturated rings. The number of hydrogen-bond donors (Lipinski definition) is 1. The van der Waals surface area contributed by atoms with Gasteiger partial charge < -0.3 is 10.1 Å². The molecule has 3 rings (SSSR count). The molecule has 23 heavy (non-hydrogen) atoms. The van der Waals surface area contributed by atoms with Crippen LogP contribution in [-0.2, 0) is 0 Å². The molecule has 7 heteroatoms. The van der Waals surface area contributed by atoms with E-state index in [-0.39, 0.29) is 5.28 Å². The first kappa shape index (κ1) is 15.4. The van der Waals surface area contributed by atoms with Crippen LogP contribution in [-0.4, -0.2) is 17.1 Å². The topological polar surface area (TPSA) is 70.8 Å². The number of allylic oxidation sites excluding steroid dienone is 1. The van der Waals surface area contributed by atoms with Crippen LogP contribution in [0.4, 0.5) is 0 Å². The number of para-hydroxylation sites is 1. The zero-order chi connectivity index (χ0) is 16.2. The van der Waals surface area contributed by atoms with E-state index in [9.17, 15) is 5.26 Å². The molecule has 0 saturated carbocycles. The zero-order valence-electron chi connectivity index (χ0n) is 12.1. The van der Waals surface area contributed by atoms with Crippen LogP contribution in [0.15, 0.2) is 47.0 Å². The average Bonchev–Trinajstić information content (AvgIpc) is 3.05. The van der Waals surface area contributed by atoms with E-state index < -0.39 is 0 Å². The molecule has 1 aromatic carbocycles. The van der Waals surface area contributed by atoms with Crippen molar-refractivity contribution < 1.29 is 4.74 Å². The van der Waals surface area contributed by atoms with Gasteiger partial charge in [-0.3, -0.25) is 0 Å². The average molecular weight is 343 g/mol. The minimum Gasteiger partial charge on any atom is -0.496 e. The van der Waals surface area contributed by atoms with Crippen molar-refractivity contribution in [3.8, 4) is 11.8 Å². The highest BCUT2D eigenvalue weighted by atomic mass is 35.5. The van der Waals surface area contributed by atoms with Crippen molar-refractivity contribution in [2.75, 3.05) is 7.11 Å². The second-order valence-electron chi connectivity index (χ2n) is 4.50. The lowest BCUT2D eigenvalue weighted by Crippen LogP contribution is -2.08. The summed E-state index contributed by atoms with van der Waals surface area (Å²) in [5.74, 6) is 0.761. The Kier molecular flexibility index (Phi) is 4.51. The van der Waals surface area contributed by atoms with Crippen molar-refractivity contribution in [1.29, 1.82) is 5.26 Å². The molecule has 0 amide bonds. The molecule has 0 saturated heterocycles. The lowest BCUT2D eigenvalue weighted by Gasteiger charge is -2.10. The zero-order valence-corrected chi connectivity index (χ0v) is 13.6. The summed E-state index contributed by atoms with van der Waals surface area (Å²) in [6.45, 7) is 0. The van der Waals surface area contributed by atoms with Crippen LogP contribution in [0, 0.1) is 11.3 Å². The Balaban J connectivity index is 1.95. The highest BCUT2D eigenvalue weighted by molar-refractivity contribution is 8.06. The molecule has 0 aliphatic carbocycles. The summed E-state index contributed by atoms with van der Waals surface area (Å²) in [6, 6.07) is 11.5. The van der Waals surface area contributed by atoms with Crippen LogP contribution in [0.2, 0.25) is 5.28 Å². The molecule has 5 nitrogen and oxygen atoms in total. The molecule has 2 heterocycles. The van der Waals surface area contributed by atoms with Gasteiger partial charge in [0, 0.05) is 17.2 Å². The van der Waals surface area contributed by atoms with Crippen LogP contribution in [0.25, 0.3) is 11.3 Å². The number of nitrogens with zero attached hydrogens (tertiary/aromatic N) is 3. The fourth-order valence-corrected chi connectivity index (χ4v) is 3.12. The number of nitrogens with one attached hydrogen (secondary N) is 1. The maximum absolute atomic E-state index is 9.48. The maximum Gasteiger partial charge on any atom is 0.222 e. The summed E-state index contributed by atoms with van der Waals surface area (Å²) in [6.07, 6.45) is 1.52. The van der Waals surface area contributed by atoms with Crippen molar-refractivity contribution in [2.45, 2.75) is 0 Å². The summed E-state index contributed by atoms with van der Waals surface area (Å²) in [5.41, 5.74) is 2.70. The third kappa shape index (κ3) is 3.16. The van der Waals surface area contributed by atoms with Crippen molar-refractivity contribution in [3.63, 3.8) is 0 Å². The summed E-state index contributed by atoms with van der Waals surface area (Å²) >= 11 is 7.23. The predicted molar refractivity (Wildman–Crippen MR) is 91.3 cm³/mol. The summed E-state index contributed by atoms with van der Waals surface area (Å²) < 4.78 is 5.37. The van der Waals surface area contributed by atoms with E-state index in [1.807, 2.05) is 29.7 Å². The maximum atomic E-state index is 9.48. The fraction of sp³-hybridized carbons (Fsp3) is 0.0625. The third-order valence-corrected chi connectivity index (χ3v) is 4.24. The lowest BCUT2D eigenvalue weighted by molar-refractivity contribution is 0.413. The van der Waals surface area contributed by atoms with E-state index in [2.05, 4.69) is 21.4 Å². The SMILES string of the molecule is COc1ccccc1C1=CSC(=C(C#N)c2ccnc(Cl)n2)N1. The van der Waals surface area contributed by atoms with Gasteiger partial charge in [-0.25, -0.2) is 9.97 Å². The first-order chi connectivity index (χ1) is 11.2. The van der Waals surface area contributed by atoms with Gasteiger partial charge in [-0.1, -0.05) is 23.9 Å². The van der Waals surface area contributed by atoms with Crippen LogP contribution < -0.4 is 10.1 Å². The van der Waals surface area contributed by atoms with Crippen LogP contribution in [0.3, 0.4) is 0 Å². The second-order valence-corrected chi connectivity index (χ2v) is 5.72. The summed E-state index contributed by atoms with van der Waals surface area (Å²) in [5, 5.41) is 15.5. The molecular weight excluding hydrogens is 332 g/mol. The molecule has 2 aromatic rings. The Morgan fingerprint density at radius 1 is 1.35 bits per heavy atom. The number of aromatic nitrogens is 2. The molecule has 1 aliphatic rings. The van der Waals surface area contributed by atoms with E-state index in [4.69, 9.17) is 16.3 Å². The fourth-order valence-electron chi connectivity index (χ4n) is 2.12. The second kappa shape index (κ2) is 6.73. The number of halogens is 1. The van der Waals surface area contributed by atoms with Crippen molar-refractivity contribution in [1.82, 2.24) is 15.3 Å². The number of hydrogen-bond acceptors (Lipinski definition) is 6. The van der Waals surface area contributed by atoms with E-state index in [0.29, 0.717) is 16.3 Å². The number of methoxy groups -OCH3 is 1. The van der Waals surface area contributed by atoms with E-state index in [1.165, 1.54) is 18.0 Å². The van der Waals surface area contributed by atoms with E-state index in [1.54, 1.807) is 13.2 Å². The van der Waals surface area contributed by atoms with E-state index in [0.717, 1.165) is 17.0 Å². The number of nitriles is 1. The van der Waals surface area contributed by atoms with Crippen LogP contribution >= 0.6 is 23.4 Å². The van der Waals surface area contributed by atoms with Crippen molar-refractivity contribution >= 4 is 34.6 Å². The van der Waals surface area contributed by atoms with Gasteiger partial charge in [0.1, 0.15) is 17.4 Å². The standard InChI is InChI=1S/C16H11ClN4OS/c1-22-14-5-3-2-4-10(14)13-9-23-15(20-13)11(8-18)12-6-7-19-16(17)21-12/h2-7,9,20H,1H3. The van der Waals surface area contributed by atoms with Gasteiger partial charge in [-0.2, -0.15) is 5.26 Å². The molecule has 0 bridgehead atoms. The minimum atomic E-state index is 0.108. The highest BCUT2D eigenvalue weighted by Crippen LogP contribution is 2.37. The van der Waals surface area contributed by atoms with Gasteiger partial charge in [-0.15, -0.1) is 0 Å². The molecule has 114 valence electrons. The van der Waals surface area contributed by atoms with Gasteiger partial charge in [0.25, 0.3) is 0 Å². The molecule has 0 radical (unpaired) electrons. The number of benzene rings is 1. The van der Waals surface area contributed by atoms with E-state index >= 15 is 0 Å². The number of rotatable bonds is 3. The molecule has 0 unspecified atom stereocenters. The number of ether oxygens (including phenoxy) is 1. The third-order valence-electron chi connectivity index (χ3n) is 3.16. The lowest BCUT2D eigenvalue weighted by atomic mass is 10.1. The molecule has 0 spiro atoms.